The number of hydrogen-bond acceptors (Lipinski definition) is 3. The van der Waals surface area contributed by atoms with Crippen molar-refractivity contribution < 1.29 is 4.79 Å². The highest BCUT2D eigenvalue weighted by Crippen LogP contribution is 2.27. The van der Waals surface area contributed by atoms with Crippen molar-refractivity contribution in [2.45, 2.75) is 24.5 Å². The Hall–Kier alpha value is -0.710. The number of nitrogens with zero attached hydrogens (tertiary/aromatic N) is 1. The van der Waals surface area contributed by atoms with Crippen molar-refractivity contribution in [3.8, 4) is 0 Å². The van der Waals surface area contributed by atoms with Gasteiger partial charge >= 0.3 is 0 Å². The minimum atomic E-state index is 0. The summed E-state index contributed by atoms with van der Waals surface area (Å²) in [6, 6.07) is 10.3. The Kier molecular flexibility index (Phi) is 8.04. The summed E-state index contributed by atoms with van der Waals surface area (Å²) in [4.78, 5) is 14.3. The Morgan fingerprint density at radius 1 is 1.30 bits per heavy atom. The zero-order chi connectivity index (χ0) is 13.5. The summed E-state index contributed by atoms with van der Waals surface area (Å²) in [5.74, 6) is 1.40. The van der Waals surface area contributed by atoms with E-state index >= 15 is 0 Å². The third-order valence-corrected chi connectivity index (χ3v) is 4.79. The average molecular weight is 315 g/mol. The average Bonchev–Trinajstić information content (AvgIpc) is 2.98. The maximum atomic E-state index is 12.4. The van der Waals surface area contributed by atoms with E-state index in [1.165, 1.54) is 5.56 Å². The zero-order valence-electron chi connectivity index (χ0n) is 11.7. The lowest BCUT2D eigenvalue weighted by atomic mass is 10.1. The molecule has 2 rings (SSSR count). The van der Waals surface area contributed by atoms with Crippen LogP contribution in [0.1, 0.15) is 18.4 Å². The first-order chi connectivity index (χ1) is 9.31. The number of halogens is 1. The van der Waals surface area contributed by atoms with Crippen LogP contribution in [0.25, 0.3) is 0 Å². The molecule has 20 heavy (non-hydrogen) atoms. The van der Waals surface area contributed by atoms with Crippen LogP contribution in [0.4, 0.5) is 0 Å². The molecular formula is C15H23ClN2OS. The van der Waals surface area contributed by atoms with Gasteiger partial charge in [0.05, 0.1) is 5.25 Å². The van der Waals surface area contributed by atoms with Crippen LogP contribution in [0, 0.1) is 0 Å². The highest BCUT2D eigenvalue weighted by molar-refractivity contribution is 8.00. The number of thioether (sulfide) groups is 1. The predicted octanol–water partition coefficient (Wildman–Crippen LogP) is 2.33. The van der Waals surface area contributed by atoms with E-state index in [1.807, 2.05) is 23.1 Å². The molecule has 0 spiro atoms. The first kappa shape index (κ1) is 17.3. The van der Waals surface area contributed by atoms with Gasteiger partial charge in [-0.25, -0.2) is 0 Å². The van der Waals surface area contributed by atoms with E-state index in [0.717, 1.165) is 31.6 Å². The molecule has 1 aliphatic rings. The van der Waals surface area contributed by atoms with Crippen LogP contribution in [0.2, 0.25) is 0 Å². The molecule has 2 N–H and O–H groups in total. The van der Waals surface area contributed by atoms with Crippen molar-refractivity contribution >= 4 is 30.1 Å². The summed E-state index contributed by atoms with van der Waals surface area (Å²) in [6.45, 7) is 1.98. The molecule has 1 aromatic carbocycles. The summed E-state index contributed by atoms with van der Waals surface area (Å²) >= 11 is 1.79. The number of rotatable bonds is 6. The summed E-state index contributed by atoms with van der Waals surface area (Å²) in [7, 11) is 0. The molecule has 1 aliphatic heterocycles. The number of hydrogen-bond donors (Lipinski definition) is 1. The largest absolute Gasteiger partial charge is 0.340 e. The van der Waals surface area contributed by atoms with Crippen LogP contribution in [-0.4, -0.2) is 41.4 Å². The van der Waals surface area contributed by atoms with E-state index in [9.17, 15) is 4.79 Å². The second-order valence-corrected chi connectivity index (χ2v) is 6.16. The molecule has 0 saturated carbocycles. The number of nitrogens with two attached hydrogens (primary N) is 1. The van der Waals surface area contributed by atoms with Gasteiger partial charge in [-0.3, -0.25) is 4.79 Å². The quantitative estimate of drug-likeness (QED) is 0.876. The van der Waals surface area contributed by atoms with Crippen LogP contribution < -0.4 is 5.73 Å². The first-order valence-corrected chi connectivity index (χ1v) is 8.00. The molecule has 0 aliphatic carbocycles. The van der Waals surface area contributed by atoms with Gasteiger partial charge in [0.1, 0.15) is 0 Å². The monoisotopic (exact) mass is 314 g/mol. The minimum Gasteiger partial charge on any atom is -0.340 e. The molecule has 1 fully saturated rings. The first-order valence-electron chi connectivity index (χ1n) is 6.95. The summed E-state index contributed by atoms with van der Waals surface area (Å²) < 4.78 is 0. The number of carbonyl (C=O) groups is 1. The Balaban J connectivity index is 0.00000200. The third kappa shape index (κ3) is 5.00. The van der Waals surface area contributed by atoms with Crippen molar-refractivity contribution in [3.05, 3.63) is 35.9 Å². The fraction of sp³-hybridized carbons (Fsp3) is 0.533. The predicted molar refractivity (Wildman–Crippen MR) is 88.5 cm³/mol. The Bertz CT molecular complexity index is 396. The molecule has 1 saturated heterocycles. The zero-order valence-corrected chi connectivity index (χ0v) is 13.3. The fourth-order valence-corrected chi connectivity index (χ4v) is 3.62. The molecule has 1 atom stereocenters. The maximum absolute atomic E-state index is 12.4. The van der Waals surface area contributed by atoms with Crippen LogP contribution in [-0.2, 0) is 11.2 Å². The minimum absolute atomic E-state index is 0. The molecule has 1 aromatic rings. The van der Waals surface area contributed by atoms with E-state index < -0.39 is 0 Å². The Morgan fingerprint density at radius 2 is 2.05 bits per heavy atom. The van der Waals surface area contributed by atoms with Crippen LogP contribution >= 0.6 is 24.2 Å². The Labute approximate surface area is 131 Å². The molecule has 5 heteroatoms. The summed E-state index contributed by atoms with van der Waals surface area (Å²) in [5, 5.41) is 0.169. The number of carbonyl (C=O) groups excluding carboxylic acids is 1. The van der Waals surface area contributed by atoms with Gasteiger partial charge in [-0.15, -0.1) is 24.2 Å². The van der Waals surface area contributed by atoms with Crippen LogP contribution in [0.15, 0.2) is 30.3 Å². The lowest BCUT2D eigenvalue weighted by molar-refractivity contribution is -0.130. The van der Waals surface area contributed by atoms with E-state index in [4.69, 9.17) is 5.73 Å². The fourth-order valence-electron chi connectivity index (χ4n) is 2.37. The molecular weight excluding hydrogens is 292 g/mol. The van der Waals surface area contributed by atoms with Gasteiger partial charge in [-0.1, -0.05) is 30.3 Å². The lowest BCUT2D eigenvalue weighted by Gasteiger charge is -2.24. The van der Waals surface area contributed by atoms with Crippen molar-refractivity contribution in [2.24, 2.45) is 5.73 Å². The lowest BCUT2D eigenvalue weighted by Crippen LogP contribution is -2.41. The second-order valence-electron chi connectivity index (χ2n) is 4.85. The molecule has 1 heterocycles. The summed E-state index contributed by atoms with van der Waals surface area (Å²) in [5.41, 5.74) is 6.91. The highest BCUT2D eigenvalue weighted by atomic mass is 35.5. The van der Waals surface area contributed by atoms with E-state index in [0.29, 0.717) is 13.1 Å². The van der Waals surface area contributed by atoms with Crippen LogP contribution in [0.3, 0.4) is 0 Å². The second kappa shape index (κ2) is 9.27. The molecule has 1 amide bonds. The van der Waals surface area contributed by atoms with Gasteiger partial charge in [-0.2, -0.15) is 0 Å². The smallest absolute Gasteiger partial charge is 0.235 e. The van der Waals surface area contributed by atoms with Gasteiger partial charge in [0, 0.05) is 19.6 Å². The molecule has 0 aromatic heterocycles. The van der Waals surface area contributed by atoms with E-state index in [-0.39, 0.29) is 23.6 Å². The topological polar surface area (TPSA) is 46.3 Å². The standard InChI is InChI=1S/C15H22N2OS.ClH/c16-9-11-17(15(18)14-7-4-12-19-14)10-8-13-5-2-1-3-6-13;/h1-3,5-6,14H,4,7-12,16H2;1H. The SMILES string of the molecule is Cl.NCCN(CCc1ccccc1)C(=O)C1CCCS1. The van der Waals surface area contributed by atoms with E-state index in [1.54, 1.807) is 11.8 Å². The van der Waals surface area contributed by atoms with Crippen LogP contribution in [0.5, 0.6) is 0 Å². The van der Waals surface area contributed by atoms with Gasteiger partial charge in [0.25, 0.3) is 0 Å². The molecule has 1 unspecified atom stereocenters. The molecule has 0 bridgehead atoms. The van der Waals surface area contributed by atoms with E-state index in [2.05, 4.69) is 12.1 Å². The maximum Gasteiger partial charge on any atom is 0.235 e. The number of amides is 1. The van der Waals surface area contributed by atoms with Crippen molar-refractivity contribution in [1.29, 1.82) is 0 Å². The molecule has 112 valence electrons. The molecule has 0 radical (unpaired) electrons. The van der Waals surface area contributed by atoms with Crippen molar-refractivity contribution in [3.63, 3.8) is 0 Å². The third-order valence-electron chi connectivity index (χ3n) is 3.43. The van der Waals surface area contributed by atoms with Crippen molar-refractivity contribution in [2.75, 3.05) is 25.4 Å². The number of benzene rings is 1. The van der Waals surface area contributed by atoms with Gasteiger partial charge in [0.15, 0.2) is 0 Å². The van der Waals surface area contributed by atoms with Gasteiger partial charge in [0.2, 0.25) is 5.91 Å². The van der Waals surface area contributed by atoms with Crippen molar-refractivity contribution in [1.82, 2.24) is 4.90 Å². The van der Waals surface area contributed by atoms with Gasteiger partial charge in [-0.05, 0) is 30.6 Å². The van der Waals surface area contributed by atoms with Gasteiger partial charge < -0.3 is 10.6 Å². The molecule has 3 nitrogen and oxygen atoms in total. The summed E-state index contributed by atoms with van der Waals surface area (Å²) in [6.07, 6.45) is 3.09. The normalized spacial score (nSPS) is 17.6. The Morgan fingerprint density at radius 3 is 2.65 bits per heavy atom. The highest BCUT2D eigenvalue weighted by Gasteiger charge is 2.27.